The van der Waals surface area contributed by atoms with Gasteiger partial charge < -0.3 is 4.74 Å². The second-order valence-electron chi connectivity index (χ2n) is 7.59. The molecule has 0 saturated heterocycles. The quantitative estimate of drug-likeness (QED) is 0.536. The van der Waals surface area contributed by atoms with Gasteiger partial charge in [0.1, 0.15) is 5.69 Å². The molecule has 4 rings (SSSR count). The summed E-state index contributed by atoms with van der Waals surface area (Å²) in [5, 5.41) is 8.10. The van der Waals surface area contributed by atoms with Crippen molar-refractivity contribution in [1.82, 2.24) is 10.2 Å². The van der Waals surface area contributed by atoms with Gasteiger partial charge in [-0.05, 0) is 36.6 Å². The highest BCUT2D eigenvalue weighted by molar-refractivity contribution is 6.36. The van der Waals surface area contributed by atoms with Gasteiger partial charge in [-0.15, -0.1) is 0 Å². The molecular weight excluding hydrogens is 428 g/mol. The predicted octanol–water partition coefficient (Wildman–Crippen LogP) is 5.81. The van der Waals surface area contributed by atoms with Crippen LogP contribution in [0.25, 0.3) is 0 Å². The van der Waals surface area contributed by atoms with E-state index in [2.05, 4.69) is 24.0 Å². The number of aromatic nitrogens is 2. The number of ether oxygens (including phenoxy) is 1. The maximum absolute atomic E-state index is 14.5. The highest BCUT2D eigenvalue weighted by Gasteiger charge is 2.44. The van der Waals surface area contributed by atoms with Gasteiger partial charge in [0.25, 0.3) is 5.91 Å². The Labute approximate surface area is 183 Å². The van der Waals surface area contributed by atoms with Gasteiger partial charge in [0, 0.05) is 32.9 Å². The Bertz CT molecular complexity index is 1110. The van der Waals surface area contributed by atoms with Crippen LogP contribution in [0.15, 0.2) is 36.4 Å². The molecule has 1 atom stereocenters. The largest absolute Gasteiger partial charge is 0.494 e. The molecule has 0 fully saturated rings. The number of hydrogen-bond acceptors (Lipinski definition) is 3. The summed E-state index contributed by atoms with van der Waals surface area (Å²) in [5.41, 5.74) is 2.81. The van der Waals surface area contributed by atoms with Crippen molar-refractivity contribution in [1.29, 1.82) is 0 Å². The number of hydrogen-bond donors (Lipinski definition) is 1. The molecule has 0 saturated carbocycles. The van der Waals surface area contributed by atoms with Gasteiger partial charge in [-0.25, -0.2) is 4.39 Å². The molecule has 2 heterocycles. The molecule has 1 N–H and O–H groups in total. The van der Waals surface area contributed by atoms with E-state index in [0.29, 0.717) is 39.3 Å². The fourth-order valence-electron chi connectivity index (χ4n) is 3.87. The van der Waals surface area contributed by atoms with Crippen molar-refractivity contribution in [3.05, 3.63) is 74.8 Å². The maximum Gasteiger partial charge on any atom is 0.277 e. The van der Waals surface area contributed by atoms with Crippen LogP contribution in [0.4, 0.5) is 10.1 Å². The van der Waals surface area contributed by atoms with Crippen LogP contribution in [0.1, 0.15) is 47.2 Å². The van der Waals surface area contributed by atoms with E-state index < -0.39 is 11.9 Å². The van der Waals surface area contributed by atoms with Crippen molar-refractivity contribution in [2.24, 2.45) is 5.92 Å². The third-order valence-electron chi connectivity index (χ3n) is 5.14. The summed E-state index contributed by atoms with van der Waals surface area (Å²) in [4.78, 5) is 14.9. The number of benzene rings is 2. The zero-order valence-electron chi connectivity index (χ0n) is 16.7. The lowest BCUT2D eigenvalue weighted by molar-refractivity contribution is 0.0988. The Morgan fingerprint density at radius 1 is 1.20 bits per heavy atom. The fourth-order valence-corrected chi connectivity index (χ4v) is 4.48. The average molecular weight is 448 g/mol. The second-order valence-corrected chi connectivity index (χ2v) is 8.40. The topological polar surface area (TPSA) is 58.2 Å². The van der Waals surface area contributed by atoms with E-state index in [4.69, 9.17) is 27.9 Å². The lowest BCUT2D eigenvalue weighted by Crippen LogP contribution is -2.30. The van der Waals surface area contributed by atoms with Crippen LogP contribution in [0.2, 0.25) is 10.0 Å². The van der Waals surface area contributed by atoms with Crippen LogP contribution in [0, 0.1) is 11.7 Å². The molecule has 156 valence electrons. The van der Waals surface area contributed by atoms with Crippen LogP contribution in [0.3, 0.4) is 0 Å². The summed E-state index contributed by atoms with van der Waals surface area (Å²) < 4.78 is 19.5. The molecule has 1 aliphatic rings. The molecule has 0 bridgehead atoms. The molecule has 0 radical (unpaired) electrons. The number of fused-ring (bicyclic) bond motifs is 1. The van der Waals surface area contributed by atoms with E-state index in [1.54, 1.807) is 24.3 Å². The van der Waals surface area contributed by atoms with Crippen molar-refractivity contribution in [2.45, 2.75) is 26.3 Å². The summed E-state index contributed by atoms with van der Waals surface area (Å²) in [6.07, 6.45) is 0.669. The maximum atomic E-state index is 14.5. The van der Waals surface area contributed by atoms with Crippen molar-refractivity contribution in [3.63, 3.8) is 0 Å². The summed E-state index contributed by atoms with van der Waals surface area (Å²) in [5.74, 6) is -0.471. The Morgan fingerprint density at radius 2 is 1.90 bits per heavy atom. The van der Waals surface area contributed by atoms with Gasteiger partial charge in [0.2, 0.25) is 0 Å². The van der Waals surface area contributed by atoms with Crippen LogP contribution < -0.4 is 9.64 Å². The number of halogens is 3. The Hall–Kier alpha value is -2.57. The van der Waals surface area contributed by atoms with E-state index >= 15 is 0 Å². The van der Waals surface area contributed by atoms with Crippen LogP contribution in [-0.2, 0) is 6.42 Å². The zero-order valence-corrected chi connectivity index (χ0v) is 18.2. The number of H-pyrrole nitrogens is 1. The Morgan fingerprint density at radius 3 is 2.50 bits per heavy atom. The van der Waals surface area contributed by atoms with Gasteiger partial charge in [-0.1, -0.05) is 43.1 Å². The number of carbonyl (C=O) groups excluding carboxylic acids is 1. The van der Waals surface area contributed by atoms with Gasteiger partial charge >= 0.3 is 0 Å². The minimum atomic E-state index is -0.631. The molecule has 1 amide bonds. The lowest BCUT2D eigenvalue weighted by Gasteiger charge is -2.28. The third kappa shape index (κ3) is 3.34. The van der Waals surface area contributed by atoms with Crippen molar-refractivity contribution in [2.75, 3.05) is 12.0 Å². The highest BCUT2D eigenvalue weighted by atomic mass is 35.5. The number of anilines is 1. The second kappa shape index (κ2) is 7.93. The van der Waals surface area contributed by atoms with Gasteiger partial charge in [0.15, 0.2) is 11.6 Å². The van der Waals surface area contributed by atoms with Crippen LogP contribution >= 0.6 is 23.2 Å². The molecule has 2 aromatic carbocycles. The first-order chi connectivity index (χ1) is 14.3. The number of amides is 1. The van der Waals surface area contributed by atoms with Crippen molar-refractivity contribution < 1.29 is 13.9 Å². The molecule has 5 nitrogen and oxygen atoms in total. The monoisotopic (exact) mass is 447 g/mol. The normalized spacial score (nSPS) is 15.8. The first-order valence-corrected chi connectivity index (χ1v) is 10.3. The van der Waals surface area contributed by atoms with Crippen LogP contribution in [-0.4, -0.2) is 23.2 Å². The molecule has 0 aliphatic carbocycles. The minimum Gasteiger partial charge on any atom is -0.494 e. The van der Waals surface area contributed by atoms with E-state index in [1.165, 1.54) is 24.1 Å². The zero-order chi connectivity index (χ0) is 21.6. The SMILES string of the molecule is COc1ccc(N2C(=O)c3[nH]nc(CC(C)C)c3C2c2c(Cl)cccc2Cl)cc1F. The van der Waals surface area contributed by atoms with E-state index in [1.807, 2.05) is 0 Å². The molecule has 1 unspecified atom stereocenters. The molecule has 1 aromatic heterocycles. The summed E-state index contributed by atoms with van der Waals surface area (Å²) in [6, 6.07) is 8.96. The number of nitrogens with zero attached hydrogens (tertiary/aromatic N) is 2. The number of methoxy groups -OCH3 is 1. The van der Waals surface area contributed by atoms with E-state index in [9.17, 15) is 9.18 Å². The molecular formula is C22H20Cl2FN3O2. The molecule has 1 aliphatic heterocycles. The Balaban J connectivity index is 1.94. The van der Waals surface area contributed by atoms with Gasteiger partial charge in [0.05, 0.1) is 18.8 Å². The minimum absolute atomic E-state index is 0.0957. The molecule has 0 spiro atoms. The number of nitrogens with one attached hydrogen (secondary N) is 1. The fraction of sp³-hybridized carbons (Fsp3) is 0.273. The predicted molar refractivity (Wildman–Crippen MR) is 115 cm³/mol. The lowest BCUT2D eigenvalue weighted by atomic mass is 9.95. The summed E-state index contributed by atoms with van der Waals surface area (Å²) in [7, 11) is 1.39. The van der Waals surface area contributed by atoms with Crippen molar-refractivity contribution in [3.8, 4) is 5.75 Å². The average Bonchev–Trinajstić information content (AvgIpc) is 3.21. The van der Waals surface area contributed by atoms with Gasteiger partial charge in [-0.2, -0.15) is 5.10 Å². The number of aromatic amines is 1. The van der Waals surface area contributed by atoms with E-state index in [-0.39, 0.29) is 11.7 Å². The smallest absolute Gasteiger partial charge is 0.277 e. The molecule has 3 aromatic rings. The number of carbonyl (C=O) groups is 1. The van der Waals surface area contributed by atoms with Crippen molar-refractivity contribution >= 4 is 34.8 Å². The Kier molecular flexibility index (Phi) is 5.47. The van der Waals surface area contributed by atoms with Crippen LogP contribution in [0.5, 0.6) is 5.75 Å². The first-order valence-electron chi connectivity index (χ1n) is 9.51. The van der Waals surface area contributed by atoms with Gasteiger partial charge in [-0.3, -0.25) is 14.8 Å². The summed E-state index contributed by atoms with van der Waals surface area (Å²) in [6.45, 7) is 4.15. The molecule has 30 heavy (non-hydrogen) atoms. The highest BCUT2D eigenvalue weighted by Crippen LogP contribution is 2.47. The standard InChI is InChI=1S/C22H20Cl2FN3O2/c1-11(2)9-16-19-20(27-26-16)22(29)28(12-7-8-17(30-3)15(25)10-12)21(19)18-13(23)5-4-6-14(18)24/h4-8,10-11,21H,9H2,1-3H3,(H,26,27). The summed E-state index contributed by atoms with van der Waals surface area (Å²) >= 11 is 13.1. The first kappa shape index (κ1) is 20.7. The van der Waals surface area contributed by atoms with E-state index in [0.717, 1.165) is 11.3 Å². The number of rotatable bonds is 5. The third-order valence-corrected chi connectivity index (χ3v) is 5.79. The molecule has 8 heteroatoms.